The average Bonchev–Trinajstić information content (AvgIpc) is 2.93. The van der Waals surface area contributed by atoms with Gasteiger partial charge in [0, 0.05) is 0 Å². The number of aromatic nitrogens is 4. The zero-order valence-corrected chi connectivity index (χ0v) is 9.77. The lowest BCUT2D eigenvalue weighted by atomic mass is 10.0. The van der Waals surface area contributed by atoms with E-state index in [4.69, 9.17) is 0 Å². The van der Waals surface area contributed by atoms with Crippen molar-refractivity contribution < 1.29 is 0 Å². The molecule has 0 atom stereocenters. The first-order valence-corrected chi connectivity index (χ1v) is 5.77. The number of nitrogens with zero attached hydrogens (tertiary/aromatic N) is 4. The predicted molar refractivity (Wildman–Crippen MR) is 68.8 cm³/mol. The average molecular weight is 236 g/mol. The van der Waals surface area contributed by atoms with Crippen LogP contribution in [0.15, 0.2) is 60.9 Å². The highest BCUT2D eigenvalue weighted by Gasteiger charge is 2.00. The van der Waals surface area contributed by atoms with Gasteiger partial charge < -0.3 is 0 Å². The van der Waals surface area contributed by atoms with Crippen LogP contribution in [0.2, 0.25) is 0 Å². The second-order valence-electron chi connectivity index (χ2n) is 4.03. The van der Waals surface area contributed by atoms with Gasteiger partial charge in [0.15, 0.2) is 6.33 Å². The number of rotatable bonds is 3. The van der Waals surface area contributed by atoms with E-state index in [0.29, 0.717) is 6.54 Å². The summed E-state index contributed by atoms with van der Waals surface area (Å²) in [7, 11) is 0. The lowest BCUT2D eigenvalue weighted by Gasteiger charge is -2.04. The van der Waals surface area contributed by atoms with E-state index in [1.54, 1.807) is 4.80 Å². The van der Waals surface area contributed by atoms with Crippen LogP contribution in [0.1, 0.15) is 5.56 Å². The minimum atomic E-state index is 0.640. The monoisotopic (exact) mass is 236 g/mol. The van der Waals surface area contributed by atoms with Gasteiger partial charge in [-0.15, -0.1) is 10.2 Å². The van der Waals surface area contributed by atoms with Crippen molar-refractivity contribution in [2.45, 2.75) is 6.54 Å². The lowest BCUT2D eigenvalue weighted by Crippen LogP contribution is -2.03. The second-order valence-corrected chi connectivity index (χ2v) is 4.03. The van der Waals surface area contributed by atoms with E-state index in [1.165, 1.54) is 17.5 Å². The van der Waals surface area contributed by atoms with Gasteiger partial charge in [0.2, 0.25) is 0 Å². The van der Waals surface area contributed by atoms with Crippen molar-refractivity contribution in [3.8, 4) is 11.1 Å². The van der Waals surface area contributed by atoms with Crippen LogP contribution in [-0.2, 0) is 6.54 Å². The Hall–Kier alpha value is -2.49. The Kier molecular flexibility index (Phi) is 2.84. The van der Waals surface area contributed by atoms with Crippen LogP contribution in [0.4, 0.5) is 0 Å². The molecule has 0 radical (unpaired) electrons. The summed E-state index contributed by atoms with van der Waals surface area (Å²) in [5.41, 5.74) is 3.58. The summed E-state index contributed by atoms with van der Waals surface area (Å²) in [5.74, 6) is 0. The molecule has 0 fully saturated rings. The standard InChI is InChI=1S/C14H12N4/c1-2-6-13(7-3-1)14-8-4-5-12(9-14)10-18-16-11-15-17-18/h1-9,11H,10H2. The first kappa shape index (κ1) is 10.7. The van der Waals surface area contributed by atoms with Crippen LogP contribution in [0, 0.1) is 0 Å². The Bertz CT molecular complexity index is 617. The second kappa shape index (κ2) is 4.79. The third kappa shape index (κ3) is 2.27. The van der Waals surface area contributed by atoms with Crippen LogP contribution < -0.4 is 0 Å². The maximum absolute atomic E-state index is 4.01. The van der Waals surface area contributed by atoms with Crippen molar-refractivity contribution in [2.24, 2.45) is 0 Å². The van der Waals surface area contributed by atoms with Crippen molar-refractivity contribution in [3.05, 3.63) is 66.5 Å². The van der Waals surface area contributed by atoms with Crippen LogP contribution in [0.5, 0.6) is 0 Å². The molecule has 0 aliphatic rings. The molecule has 3 aromatic rings. The molecule has 0 saturated carbocycles. The van der Waals surface area contributed by atoms with Crippen molar-refractivity contribution >= 4 is 0 Å². The van der Waals surface area contributed by atoms with Gasteiger partial charge >= 0.3 is 0 Å². The normalized spacial score (nSPS) is 10.4. The molecule has 0 saturated heterocycles. The van der Waals surface area contributed by atoms with Crippen molar-refractivity contribution in [1.29, 1.82) is 0 Å². The number of benzene rings is 2. The smallest absolute Gasteiger partial charge is 0.160 e. The van der Waals surface area contributed by atoms with E-state index in [2.05, 4.69) is 51.8 Å². The third-order valence-corrected chi connectivity index (χ3v) is 2.75. The highest BCUT2D eigenvalue weighted by Crippen LogP contribution is 2.20. The molecule has 0 bridgehead atoms. The van der Waals surface area contributed by atoms with Crippen LogP contribution in [0.3, 0.4) is 0 Å². The molecule has 2 aromatic carbocycles. The number of hydrogen-bond donors (Lipinski definition) is 0. The quantitative estimate of drug-likeness (QED) is 0.701. The van der Waals surface area contributed by atoms with E-state index in [9.17, 15) is 0 Å². The van der Waals surface area contributed by atoms with Gasteiger partial charge in [-0.3, -0.25) is 0 Å². The van der Waals surface area contributed by atoms with Crippen molar-refractivity contribution in [2.75, 3.05) is 0 Å². The molecule has 0 spiro atoms. The van der Waals surface area contributed by atoms with Crippen LogP contribution in [-0.4, -0.2) is 20.2 Å². The fourth-order valence-corrected chi connectivity index (χ4v) is 1.90. The predicted octanol–water partition coefficient (Wildman–Crippen LogP) is 2.39. The lowest BCUT2D eigenvalue weighted by molar-refractivity contribution is 0.572. The molecular weight excluding hydrogens is 224 g/mol. The molecular formula is C14H12N4. The summed E-state index contributed by atoms with van der Waals surface area (Å²) in [4.78, 5) is 1.57. The zero-order valence-electron chi connectivity index (χ0n) is 9.77. The number of tetrazole rings is 1. The van der Waals surface area contributed by atoms with E-state index < -0.39 is 0 Å². The molecule has 4 heteroatoms. The summed E-state index contributed by atoms with van der Waals surface area (Å²) < 4.78 is 0. The maximum Gasteiger partial charge on any atom is 0.162 e. The molecule has 88 valence electrons. The minimum Gasteiger partial charge on any atom is -0.160 e. The molecule has 3 rings (SSSR count). The highest BCUT2D eigenvalue weighted by atomic mass is 15.6. The number of hydrogen-bond acceptors (Lipinski definition) is 3. The first-order chi connectivity index (χ1) is 8.92. The molecule has 1 heterocycles. The van der Waals surface area contributed by atoms with Gasteiger partial charge in [-0.1, -0.05) is 48.5 Å². The molecule has 18 heavy (non-hydrogen) atoms. The summed E-state index contributed by atoms with van der Waals surface area (Å²) >= 11 is 0. The fraction of sp³-hybridized carbons (Fsp3) is 0.0714. The van der Waals surface area contributed by atoms with Gasteiger partial charge in [0.1, 0.15) is 0 Å². The first-order valence-electron chi connectivity index (χ1n) is 5.77. The topological polar surface area (TPSA) is 43.6 Å². The zero-order chi connectivity index (χ0) is 12.2. The Morgan fingerprint density at radius 1 is 0.889 bits per heavy atom. The Morgan fingerprint density at radius 2 is 1.72 bits per heavy atom. The molecule has 0 unspecified atom stereocenters. The molecule has 4 nitrogen and oxygen atoms in total. The summed E-state index contributed by atoms with van der Waals surface area (Å²) in [5, 5.41) is 11.6. The van der Waals surface area contributed by atoms with Crippen LogP contribution in [0.25, 0.3) is 11.1 Å². The van der Waals surface area contributed by atoms with E-state index in [1.807, 2.05) is 18.2 Å². The summed E-state index contributed by atoms with van der Waals surface area (Å²) in [6.07, 6.45) is 1.45. The molecule has 0 amide bonds. The van der Waals surface area contributed by atoms with Gasteiger partial charge in [-0.05, 0) is 28.0 Å². The van der Waals surface area contributed by atoms with Crippen molar-refractivity contribution in [3.63, 3.8) is 0 Å². The van der Waals surface area contributed by atoms with Crippen LogP contribution >= 0.6 is 0 Å². The molecule has 0 aliphatic heterocycles. The maximum atomic E-state index is 4.01. The Morgan fingerprint density at radius 3 is 2.50 bits per heavy atom. The Labute approximate surface area is 105 Å². The summed E-state index contributed by atoms with van der Waals surface area (Å²) in [6, 6.07) is 18.7. The minimum absolute atomic E-state index is 0.640. The van der Waals surface area contributed by atoms with Gasteiger partial charge in [-0.25, -0.2) is 0 Å². The van der Waals surface area contributed by atoms with Gasteiger partial charge in [0.25, 0.3) is 0 Å². The van der Waals surface area contributed by atoms with E-state index in [0.717, 1.165) is 5.56 Å². The molecule has 1 aromatic heterocycles. The molecule has 0 aliphatic carbocycles. The molecule has 0 N–H and O–H groups in total. The van der Waals surface area contributed by atoms with Gasteiger partial charge in [0.05, 0.1) is 6.54 Å². The fourth-order valence-electron chi connectivity index (χ4n) is 1.90. The summed E-state index contributed by atoms with van der Waals surface area (Å²) in [6.45, 7) is 0.640. The SMILES string of the molecule is c1ccc(-c2cccc(Cn3ncnn3)c2)cc1. The van der Waals surface area contributed by atoms with E-state index >= 15 is 0 Å². The van der Waals surface area contributed by atoms with Crippen molar-refractivity contribution in [1.82, 2.24) is 20.2 Å². The highest BCUT2D eigenvalue weighted by molar-refractivity contribution is 5.63. The van der Waals surface area contributed by atoms with E-state index in [-0.39, 0.29) is 0 Å². The largest absolute Gasteiger partial charge is 0.162 e. The Balaban J connectivity index is 1.90. The third-order valence-electron chi connectivity index (χ3n) is 2.75. The van der Waals surface area contributed by atoms with Gasteiger partial charge in [-0.2, -0.15) is 4.80 Å².